The lowest BCUT2D eigenvalue weighted by molar-refractivity contribution is 0.0588. The highest BCUT2D eigenvalue weighted by atomic mass is 16.5. The average molecular weight is 569 g/mol. The first-order valence-corrected chi connectivity index (χ1v) is 12.9. The summed E-state index contributed by atoms with van der Waals surface area (Å²) in [6, 6.07) is 13.8. The van der Waals surface area contributed by atoms with E-state index in [2.05, 4.69) is 15.0 Å². The molecule has 0 amide bonds. The van der Waals surface area contributed by atoms with Gasteiger partial charge in [-0.2, -0.15) is 0 Å². The molecule has 3 heterocycles. The maximum absolute atomic E-state index is 14.1. The maximum Gasteiger partial charge on any atom is 0.355 e. The second kappa shape index (κ2) is 12.4. The molecule has 42 heavy (non-hydrogen) atoms. The van der Waals surface area contributed by atoms with Gasteiger partial charge in [-0.1, -0.05) is 0 Å². The molecule has 0 atom stereocenters. The van der Waals surface area contributed by atoms with Crippen molar-refractivity contribution in [2.24, 2.45) is 0 Å². The number of aromatic nitrogens is 4. The number of rotatable bonds is 10. The van der Waals surface area contributed by atoms with Gasteiger partial charge in [-0.3, -0.25) is 14.3 Å². The molecule has 5 aromatic rings. The molecule has 11 nitrogen and oxygen atoms in total. The third-order valence-corrected chi connectivity index (χ3v) is 6.65. The Kier molecular flexibility index (Phi) is 8.28. The largest absolute Gasteiger partial charge is 0.493 e. The topological polar surface area (TPSA) is 124 Å². The van der Waals surface area contributed by atoms with Gasteiger partial charge in [0, 0.05) is 30.4 Å². The highest BCUT2D eigenvalue weighted by molar-refractivity contribution is 6.07. The van der Waals surface area contributed by atoms with Gasteiger partial charge in [0.15, 0.2) is 17.3 Å². The Morgan fingerprint density at radius 1 is 0.833 bits per heavy atom. The summed E-state index contributed by atoms with van der Waals surface area (Å²) < 4.78 is 29.2. The Balaban J connectivity index is 1.80. The number of carbonyl (C=O) groups excluding carboxylic acids is 1. The molecule has 0 aliphatic heterocycles. The molecule has 0 saturated heterocycles. The van der Waals surface area contributed by atoms with Crippen molar-refractivity contribution in [3.05, 3.63) is 101 Å². The number of carbonyl (C=O) groups is 1. The number of ether oxygens (including phenoxy) is 5. The fraction of sp³-hybridized carbons (Fsp3) is 0.194. The quantitative estimate of drug-likeness (QED) is 0.225. The van der Waals surface area contributed by atoms with Crippen LogP contribution in [0.15, 0.2) is 78.1 Å². The van der Waals surface area contributed by atoms with Crippen molar-refractivity contribution in [3.63, 3.8) is 0 Å². The molecular formula is C31H28N4O7. The molecule has 5 rings (SSSR count). The predicted molar refractivity (Wildman–Crippen MR) is 154 cm³/mol. The van der Waals surface area contributed by atoms with Crippen molar-refractivity contribution in [1.82, 2.24) is 19.5 Å². The number of pyridine rings is 2. The predicted octanol–water partition coefficient (Wildman–Crippen LogP) is 4.29. The van der Waals surface area contributed by atoms with Gasteiger partial charge in [0.2, 0.25) is 5.75 Å². The molecule has 0 radical (unpaired) electrons. The van der Waals surface area contributed by atoms with Crippen molar-refractivity contribution in [2.45, 2.75) is 13.2 Å². The van der Waals surface area contributed by atoms with Gasteiger partial charge in [-0.05, 0) is 65.0 Å². The SMILES string of the molecule is COC(=O)c1c(-c2cc(OC)c(OC)c(OC)c2)c2ccc(OCc3ncccn3)cc2c(=O)n1Cc1ccncc1. The van der Waals surface area contributed by atoms with Crippen molar-refractivity contribution in [3.8, 4) is 34.1 Å². The van der Waals surface area contributed by atoms with E-state index < -0.39 is 11.5 Å². The fourth-order valence-electron chi connectivity index (χ4n) is 4.72. The number of methoxy groups -OCH3 is 4. The lowest BCUT2D eigenvalue weighted by atomic mass is 9.95. The van der Waals surface area contributed by atoms with E-state index in [9.17, 15) is 9.59 Å². The number of hydrogen-bond acceptors (Lipinski definition) is 10. The second-order valence-corrected chi connectivity index (χ2v) is 9.04. The van der Waals surface area contributed by atoms with Crippen LogP contribution < -0.4 is 24.5 Å². The van der Waals surface area contributed by atoms with Crippen molar-refractivity contribution >= 4 is 16.7 Å². The standard InChI is InChI=1S/C31H28N4O7/c1-38-24-14-20(15-25(39-2)29(24)40-3)27-22-7-6-21(42-18-26-33-10-5-11-34-26)16-23(22)30(36)35(28(27)31(37)41-4)17-19-8-12-32-13-9-19/h5-16H,17-18H2,1-4H3. The first kappa shape index (κ1) is 28.1. The lowest BCUT2D eigenvalue weighted by Gasteiger charge is -2.21. The number of hydrogen-bond donors (Lipinski definition) is 0. The minimum atomic E-state index is -0.687. The van der Waals surface area contributed by atoms with Crippen LogP contribution in [0.3, 0.4) is 0 Å². The molecule has 214 valence electrons. The third-order valence-electron chi connectivity index (χ3n) is 6.65. The van der Waals surface area contributed by atoms with E-state index in [4.69, 9.17) is 23.7 Å². The van der Waals surface area contributed by atoms with Gasteiger partial charge < -0.3 is 23.7 Å². The molecule has 0 bridgehead atoms. The summed E-state index contributed by atoms with van der Waals surface area (Å²) in [4.78, 5) is 40.0. The van der Waals surface area contributed by atoms with Crippen LogP contribution in [0.25, 0.3) is 21.9 Å². The smallest absolute Gasteiger partial charge is 0.355 e. The summed E-state index contributed by atoms with van der Waals surface area (Å²) in [5, 5.41) is 0.830. The minimum absolute atomic E-state index is 0.0624. The van der Waals surface area contributed by atoms with Crippen LogP contribution in [0.4, 0.5) is 0 Å². The summed E-state index contributed by atoms with van der Waals surface area (Å²) in [6.07, 6.45) is 6.50. The van der Waals surface area contributed by atoms with Crippen LogP contribution in [0.1, 0.15) is 21.9 Å². The normalized spacial score (nSPS) is 10.8. The van der Waals surface area contributed by atoms with Crippen LogP contribution in [0, 0.1) is 0 Å². The molecular weight excluding hydrogens is 540 g/mol. The van der Waals surface area contributed by atoms with Crippen LogP contribution in [0.2, 0.25) is 0 Å². The highest BCUT2D eigenvalue weighted by Gasteiger charge is 2.26. The Bertz CT molecular complexity index is 1770. The van der Waals surface area contributed by atoms with E-state index >= 15 is 0 Å². The first-order valence-electron chi connectivity index (χ1n) is 12.9. The van der Waals surface area contributed by atoms with Gasteiger partial charge in [0.25, 0.3) is 5.56 Å². The number of benzene rings is 2. The van der Waals surface area contributed by atoms with Crippen molar-refractivity contribution < 1.29 is 28.5 Å². The van der Waals surface area contributed by atoms with E-state index in [1.165, 1.54) is 33.0 Å². The summed E-state index contributed by atoms with van der Waals surface area (Å²) in [5.74, 6) is 1.39. The molecule has 0 saturated carbocycles. The Hall–Kier alpha value is -5.45. The highest BCUT2D eigenvalue weighted by Crippen LogP contribution is 2.43. The van der Waals surface area contributed by atoms with E-state index in [0.717, 1.165) is 5.56 Å². The van der Waals surface area contributed by atoms with Gasteiger partial charge in [-0.25, -0.2) is 14.8 Å². The summed E-state index contributed by atoms with van der Waals surface area (Å²) in [7, 11) is 5.79. The van der Waals surface area contributed by atoms with Crippen LogP contribution >= 0.6 is 0 Å². The first-order chi connectivity index (χ1) is 20.5. The monoisotopic (exact) mass is 568 g/mol. The Morgan fingerprint density at radius 2 is 1.52 bits per heavy atom. The molecule has 0 aliphatic carbocycles. The molecule has 0 fully saturated rings. The Labute approximate surface area is 241 Å². The number of esters is 1. The maximum atomic E-state index is 14.1. The van der Waals surface area contributed by atoms with E-state index in [1.807, 2.05) is 0 Å². The molecule has 0 aliphatic rings. The fourth-order valence-corrected chi connectivity index (χ4v) is 4.72. The number of nitrogens with zero attached hydrogens (tertiary/aromatic N) is 4. The van der Waals surface area contributed by atoms with Crippen LogP contribution in [-0.4, -0.2) is 53.9 Å². The average Bonchev–Trinajstić information content (AvgIpc) is 3.04. The van der Waals surface area contributed by atoms with Crippen molar-refractivity contribution in [2.75, 3.05) is 28.4 Å². The molecule has 2 aromatic carbocycles. The third kappa shape index (κ3) is 5.44. The zero-order chi connectivity index (χ0) is 29.6. The van der Waals surface area contributed by atoms with Gasteiger partial charge in [0.1, 0.15) is 18.1 Å². The molecule has 0 unspecified atom stereocenters. The van der Waals surface area contributed by atoms with Gasteiger partial charge in [-0.15, -0.1) is 0 Å². The van der Waals surface area contributed by atoms with Crippen LogP contribution in [-0.2, 0) is 17.9 Å². The molecule has 11 heteroatoms. The molecule has 0 spiro atoms. The lowest BCUT2D eigenvalue weighted by Crippen LogP contribution is -2.28. The number of fused-ring (bicyclic) bond motifs is 1. The minimum Gasteiger partial charge on any atom is -0.493 e. The summed E-state index contributed by atoms with van der Waals surface area (Å²) in [6.45, 7) is 0.194. The van der Waals surface area contributed by atoms with Gasteiger partial charge in [0.05, 0.1) is 40.4 Å². The zero-order valence-corrected chi connectivity index (χ0v) is 23.5. The molecule has 0 N–H and O–H groups in total. The summed E-state index contributed by atoms with van der Waals surface area (Å²) >= 11 is 0. The summed E-state index contributed by atoms with van der Waals surface area (Å²) in [5.41, 5.74) is 1.42. The van der Waals surface area contributed by atoms with Crippen LogP contribution in [0.5, 0.6) is 23.0 Å². The van der Waals surface area contributed by atoms with Gasteiger partial charge >= 0.3 is 5.97 Å². The second-order valence-electron chi connectivity index (χ2n) is 9.04. The molecule has 3 aromatic heterocycles. The van der Waals surface area contributed by atoms with E-state index in [0.29, 0.717) is 50.7 Å². The Morgan fingerprint density at radius 3 is 2.14 bits per heavy atom. The van der Waals surface area contributed by atoms with Crippen molar-refractivity contribution in [1.29, 1.82) is 0 Å². The zero-order valence-electron chi connectivity index (χ0n) is 23.5. The van der Waals surface area contributed by atoms with E-state index in [-0.39, 0.29) is 18.8 Å². The van der Waals surface area contributed by atoms with E-state index in [1.54, 1.807) is 73.3 Å².